The number of pyridine rings is 1. The molecule has 0 aliphatic rings. The number of ether oxygens (including phenoxy) is 2. The van der Waals surface area contributed by atoms with Crippen molar-refractivity contribution in [2.45, 2.75) is 13.5 Å². The van der Waals surface area contributed by atoms with Gasteiger partial charge in [0.25, 0.3) is 0 Å². The van der Waals surface area contributed by atoms with Gasteiger partial charge in [0.1, 0.15) is 0 Å². The van der Waals surface area contributed by atoms with Crippen LogP contribution in [0.25, 0.3) is 0 Å². The highest BCUT2D eigenvalue weighted by atomic mass is 16.5. The number of carbonyl (C=O) groups excluding carboxylic acids is 1. The summed E-state index contributed by atoms with van der Waals surface area (Å²) in [6.45, 7) is 2.98. The molecule has 1 rings (SSSR count). The second-order valence-corrected chi connectivity index (χ2v) is 3.12. The van der Waals surface area contributed by atoms with Crippen LogP contribution in [0.1, 0.15) is 12.5 Å². The van der Waals surface area contributed by atoms with Crippen LogP contribution in [-0.4, -0.2) is 31.2 Å². The number of hydrogen-bond donors (Lipinski definition) is 1. The van der Waals surface area contributed by atoms with E-state index in [1.807, 2.05) is 6.07 Å². The van der Waals surface area contributed by atoms with Gasteiger partial charge in [0.15, 0.2) is 0 Å². The molecule has 0 amide bonds. The average molecular weight is 224 g/mol. The molecule has 0 aliphatic heterocycles. The van der Waals surface area contributed by atoms with Gasteiger partial charge >= 0.3 is 5.97 Å². The first kappa shape index (κ1) is 12.4. The van der Waals surface area contributed by atoms with Crippen LogP contribution in [0, 0.1) is 0 Å². The van der Waals surface area contributed by atoms with Crippen LogP contribution in [0.2, 0.25) is 0 Å². The van der Waals surface area contributed by atoms with Gasteiger partial charge < -0.3 is 14.8 Å². The van der Waals surface area contributed by atoms with E-state index in [0.717, 1.165) is 5.56 Å². The van der Waals surface area contributed by atoms with E-state index >= 15 is 0 Å². The minimum Gasteiger partial charge on any atom is -0.481 e. The van der Waals surface area contributed by atoms with E-state index in [-0.39, 0.29) is 12.5 Å². The van der Waals surface area contributed by atoms with Crippen molar-refractivity contribution < 1.29 is 14.3 Å². The quantitative estimate of drug-likeness (QED) is 0.722. The van der Waals surface area contributed by atoms with Gasteiger partial charge in [0.05, 0.1) is 20.3 Å². The predicted molar refractivity (Wildman–Crippen MR) is 59.1 cm³/mol. The molecule has 0 spiro atoms. The molecular formula is C11H16N2O3. The minimum atomic E-state index is -0.246. The zero-order valence-electron chi connectivity index (χ0n) is 9.53. The number of esters is 1. The molecule has 0 saturated heterocycles. The summed E-state index contributed by atoms with van der Waals surface area (Å²) in [5.41, 5.74) is 0.991. The molecule has 1 aromatic heterocycles. The molecule has 0 bridgehead atoms. The molecular weight excluding hydrogens is 208 g/mol. The Morgan fingerprint density at radius 2 is 2.31 bits per heavy atom. The molecule has 5 heteroatoms. The molecule has 0 aliphatic carbocycles. The summed E-state index contributed by atoms with van der Waals surface area (Å²) in [6.07, 6.45) is 1.71. The number of nitrogens with zero attached hydrogens (tertiary/aromatic N) is 1. The van der Waals surface area contributed by atoms with Crippen molar-refractivity contribution in [1.82, 2.24) is 10.3 Å². The van der Waals surface area contributed by atoms with E-state index < -0.39 is 0 Å². The number of rotatable bonds is 6. The first-order valence-electron chi connectivity index (χ1n) is 5.11. The highest BCUT2D eigenvalue weighted by Gasteiger charge is 2.00. The molecule has 0 unspecified atom stereocenters. The van der Waals surface area contributed by atoms with Crippen LogP contribution in [-0.2, 0) is 16.1 Å². The van der Waals surface area contributed by atoms with Gasteiger partial charge in [-0.25, -0.2) is 4.98 Å². The Morgan fingerprint density at radius 1 is 1.50 bits per heavy atom. The van der Waals surface area contributed by atoms with Gasteiger partial charge in [-0.1, -0.05) is 6.07 Å². The molecule has 0 atom stereocenters. The summed E-state index contributed by atoms with van der Waals surface area (Å²) >= 11 is 0. The first-order chi connectivity index (χ1) is 7.76. The standard InChI is InChI=1S/C11H16N2O3/c1-3-16-11(14)8-12-6-9-4-5-10(15-2)13-7-9/h4-5,7,12H,3,6,8H2,1-2H3. The number of carbonyl (C=O) groups is 1. The Labute approximate surface area is 94.8 Å². The third-order valence-corrected chi connectivity index (χ3v) is 1.91. The van der Waals surface area contributed by atoms with Gasteiger partial charge in [-0.15, -0.1) is 0 Å². The van der Waals surface area contributed by atoms with E-state index in [4.69, 9.17) is 9.47 Å². The molecule has 1 aromatic rings. The third kappa shape index (κ3) is 4.27. The second kappa shape index (κ2) is 6.79. The number of hydrogen-bond acceptors (Lipinski definition) is 5. The monoisotopic (exact) mass is 224 g/mol. The van der Waals surface area contributed by atoms with Gasteiger partial charge in [0, 0.05) is 18.8 Å². The Morgan fingerprint density at radius 3 is 2.88 bits per heavy atom. The van der Waals surface area contributed by atoms with Crippen molar-refractivity contribution in [3.63, 3.8) is 0 Å². The van der Waals surface area contributed by atoms with Crippen molar-refractivity contribution >= 4 is 5.97 Å². The zero-order valence-corrected chi connectivity index (χ0v) is 9.53. The second-order valence-electron chi connectivity index (χ2n) is 3.12. The smallest absolute Gasteiger partial charge is 0.319 e. The highest BCUT2D eigenvalue weighted by Crippen LogP contribution is 2.05. The fraction of sp³-hybridized carbons (Fsp3) is 0.455. The van der Waals surface area contributed by atoms with E-state index in [1.54, 1.807) is 26.3 Å². The topological polar surface area (TPSA) is 60.5 Å². The van der Waals surface area contributed by atoms with E-state index in [9.17, 15) is 4.79 Å². The molecule has 5 nitrogen and oxygen atoms in total. The average Bonchev–Trinajstić information content (AvgIpc) is 2.30. The SMILES string of the molecule is CCOC(=O)CNCc1ccc(OC)nc1. The van der Waals surface area contributed by atoms with Crippen molar-refractivity contribution in [3.05, 3.63) is 23.9 Å². The summed E-state index contributed by atoms with van der Waals surface area (Å²) in [6, 6.07) is 3.67. The maximum Gasteiger partial charge on any atom is 0.319 e. The Balaban J connectivity index is 2.29. The summed E-state index contributed by atoms with van der Waals surface area (Å²) in [5, 5.41) is 2.97. The molecule has 1 N–H and O–H groups in total. The maximum absolute atomic E-state index is 11.0. The lowest BCUT2D eigenvalue weighted by molar-refractivity contribution is -0.142. The fourth-order valence-corrected chi connectivity index (χ4v) is 1.16. The Hall–Kier alpha value is -1.62. The fourth-order valence-electron chi connectivity index (χ4n) is 1.16. The van der Waals surface area contributed by atoms with Gasteiger partial charge in [-0.3, -0.25) is 4.79 Å². The van der Waals surface area contributed by atoms with Crippen LogP contribution in [0.4, 0.5) is 0 Å². The lowest BCUT2D eigenvalue weighted by Gasteiger charge is -2.05. The van der Waals surface area contributed by atoms with Crippen LogP contribution >= 0.6 is 0 Å². The summed E-state index contributed by atoms with van der Waals surface area (Å²) in [7, 11) is 1.57. The van der Waals surface area contributed by atoms with Gasteiger partial charge in [-0.05, 0) is 12.5 Å². The molecule has 0 fully saturated rings. The van der Waals surface area contributed by atoms with Crippen molar-refractivity contribution in [3.8, 4) is 5.88 Å². The predicted octanol–water partition coefficient (Wildman–Crippen LogP) is 0.743. The lowest BCUT2D eigenvalue weighted by atomic mass is 10.3. The van der Waals surface area contributed by atoms with Crippen LogP contribution in [0.15, 0.2) is 18.3 Å². The normalized spacial score (nSPS) is 9.88. The van der Waals surface area contributed by atoms with Gasteiger partial charge in [0.2, 0.25) is 5.88 Å². The van der Waals surface area contributed by atoms with Crippen LogP contribution in [0.3, 0.4) is 0 Å². The molecule has 1 heterocycles. The highest BCUT2D eigenvalue weighted by molar-refractivity contribution is 5.71. The van der Waals surface area contributed by atoms with Crippen molar-refractivity contribution in [2.24, 2.45) is 0 Å². The number of nitrogens with one attached hydrogen (secondary N) is 1. The molecule has 0 saturated carbocycles. The Bertz CT molecular complexity index is 325. The third-order valence-electron chi connectivity index (χ3n) is 1.91. The summed E-state index contributed by atoms with van der Waals surface area (Å²) < 4.78 is 9.72. The lowest BCUT2D eigenvalue weighted by Crippen LogP contribution is -2.24. The zero-order chi connectivity index (χ0) is 11.8. The molecule has 0 radical (unpaired) electrons. The van der Waals surface area contributed by atoms with Gasteiger partial charge in [-0.2, -0.15) is 0 Å². The van der Waals surface area contributed by atoms with Crippen molar-refractivity contribution in [2.75, 3.05) is 20.3 Å². The first-order valence-corrected chi connectivity index (χ1v) is 5.11. The summed E-state index contributed by atoms with van der Waals surface area (Å²) in [4.78, 5) is 15.1. The van der Waals surface area contributed by atoms with Crippen LogP contribution < -0.4 is 10.1 Å². The van der Waals surface area contributed by atoms with E-state index in [2.05, 4.69) is 10.3 Å². The number of aromatic nitrogens is 1. The van der Waals surface area contributed by atoms with E-state index in [0.29, 0.717) is 19.0 Å². The minimum absolute atomic E-state index is 0.208. The molecule has 88 valence electrons. The summed E-state index contributed by atoms with van der Waals surface area (Å²) in [5.74, 6) is 0.332. The molecule has 0 aromatic carbocycles. The maximum atomic E-state index is 11.0. The van der Waals surface area contributed by atoms with Crippen molar-refractivity contribution in [1.29, 1.82) is 0 Å². The van der Waals surface area contributed by atoms with E-state index in [1.165, 1.54) is 0 Å². The largest absolute Gasteiger partial charge is 0.481 e. The van der Waals surface area contributed by atoms with Crippen LogP contribution in [0.5, 0.6) is 5.88 Å². The Kier molecular flexibility index (Phi) is 5.28. The molecule has 16 heavy (non-hydrogen) atoms. The number of methoxy groups -OCH3 is 1.